The second-order valence-corrected chi connectivity index (χ2v) is 9.02. The van der Waals surface area contributed by atoms with Gasteiger partial charge in [-0.25, -0.2) is 0 Å². The van der Waals surface area contributed by atoms with Crippen LogP contribution in [-0.4, -0.2) is 5.11 Å². The van der Waals surface area contributed by atoms with E-state index in [4.69, 9.17) is 0 Å². The molecular weight excluding hydrogens is 348 g/mol. The highest BCUT2D eigenvalue weighted by atomic mass is 32.2. The van der Waals surface area contributed by atoms with Gasteiger partial charge in [0.05, 0.1) is 6.61 Å². The van der Waals surface area contributed by atoms with E-state index in [-0.39, 0.29) is 12.0 Å². The molecule has 0 unspecified atom stereocenters. The summed E-state index contributed by atoms with van der Waals surface area (Å²) in [4.78, 5) is 2.48. The van der Waals surface area contributed by atoms with Crippen LogP contribution in [0.1, 0.15) is 31.9 Å². The molecule has 4 rings (SSSR count). The predicted octanol–water partition coefficient (Wildman–Crippen LogP) is 6.93. The van der Waals surface area contributed by atoms with Crippen LogP contribution in [0.5, 0.6) is 0 Å². The van der Waals surface area contributed by atoms with Gasteiger partial charge in [0, 0.05) is 9.79 Å². The van der Waals surface area contributed by atoms with Gasteiger partial charge in [0.2, 0.25) is 0 Å². The van der Waals surface area contributed by atoms with E-state index in [1.807, 2.05) is 12.1 Å². The third kappa shape index (κ3) is 3.36. The Balaban J connectivity index is 1.90. The van der Waals surface area contributed by atoms with Gasteiger partial charge in [0.1, 0.15) is 0 Å². The first kappa shape index (κ1) is 18.1. The molecule has 27 heavy (non-hydrogen) atoms. The van der Waals surface area contributed by atoms with Crippen LogP contribution in [0.15, 0.2) is 82.6 Å². The third-order valence-electron chi connectivity index (χ3n) is 5.09. The quantitative estimate of drug-likeness (QED) is 0.393. The molecule has 0 radical (unpaired) electrons. The van der Waals surface area contributed by atoms with E-state index < -0.39 is 0 Å². The third-order valence-corrected chi connectivity index (χ3v) is 6.24. The first-order valence-corrected chi connectivity index (χ1v) is 10.1. The summed E-state index contributed by atoms with van der Waals surface area (Å²) < 4.78 is 0. The molecule has 0 atom stereocenters. The highest BCUT2D eigenvalue weighted by Gasteiger charge is 2.16. The van der Waals surface area contributed by atoms with Crippen molar-refractivity contribution >= 4 is 33.3 Å². The molecule has 1 N–H and O–H groups in total. The maximum Gasteiger partial charge on any atom is 0.0693 e. The summed E-state index contributed by atoms with van der Waals surface area (Å²) in [6.45, 7) is 6.77. The zero-order valence-electron chi connectivity index (χ0n) is 16.0. The summed E-state index contributed by atoms with van der Waals surface area (Å²) in [5, 5.41) is 14.7. The number of aliphatic hydroxyl groups is 1. The van der Waals surface area contributed by atoms with Crippen molar-refractivity contribution in [2.75, 3.05) is 0 Å². The van der Waals surface area contributed by atoms with E-state index in [0.717, 1.165) is 16.3 Å². The molecule has 0 aliphatic rings. The standard InChI is InChI=1S/C25H24OS/c1-25(2,3)17-12-14-18(15-13-17)27-24-21-10-6-4-8-19(21)23(16-26)20-9-5-7-11-22(20)24/h4-15,26H,16H2,1-3H3. The van der Waals surface area contributed by atoms with Crippen molar-refractivity contribution in [3.05, 3.63) is 83.9 Å². The molecule has 0 aliphatic heterocycles. The molecule has 0 saturated carbocycles. The van der Waals surface area contributed by atoms with Gasteiger partial charge in [-0.05, 0) is 50.2 Å². The summed E-state index contributed by atoms with van der Waals surface area (Å²) >= 11 is 1.80. The Hall–Kier alpha value is -2.29. The van der Waals surface area contributed by atoms with E-state index in [1.165, 1.54) is 26.1 Å². The minimum absolute atomic E-state index is 0.0479. The van der Waals surface area contributed by atoms with Crippen molar-refractivity contribution in [3.63, 3.8) is 0 Å². The van der Waals surface area contributed by atoms with Gasteiger partial charge < -0.3 is 5.11 Å². The van der Waals surface area contributed by atoms with Crippen LogP contribution in [0, 0.1) is 0 Å². The summed E-state index contributed by atoms with van der Waals surface area (Å²) in [6.07, 6.45) is 0. The van der Waals surface area contributed by atoms with Gasteiger partial charge in [-0.2, -0.15) is 0 Å². The molecule has 2 heteroatoms. The topological polar surface area (TPSA) is 20.2 Å². The number of aliphatic hydroxyl groups excluding tert-OH is 1. The maximum atomic E-state index is 10.0. The number of fused-ring (bicyclic) bond motifs is 2. The summed E-state index contributed by atoms with van der Waals surface area (Å²) in [6, 6.07) is 25.7. The van der Waals surface area contributed by atoms with Crippen LogP contribution in [0.25, 0.3) is 21.5 Å². The maximum absolute atomic E-state index is 10.0. The lowest BCUT2D eigenvalue weighted by molar-refractivity contribution is 0.285. The van der Waals surface area contributed by atoms with Crippen molar-refractivity contribution in [1.29, 1.82) is 0 Å². The van der Waals surface area contributed by atoms with Crippen LogP contribution in [0.4, 0.5) is 0 Å². The van der Waals surface area contributed by atoms with Crippen molar-refractivity contribution in [2.45, 2.75) is 42.6 Å². The monoisotopic (exact) mass is 372 g/mol. The second-order valence-electron chi connectivity index (χ2n) is 7.93. The fraction of sp³-hybridized carbons (Fsp3) is 0.200. The summed E-state index contributed by atoms with van der Waals surface area (Å²) in [7, 11) is 0. The minimum Gasteiger partial charge on any atom is -0.392 e. The van der Waals surface area contributed by atoms with Gasteiger partial charge in [-0.1, -0.05) is 93.2 Å². The fourth-order valence-electron chi connectivity index (χ4n) is 3.60. The number of hydrogen-bond acceptors (Lipinski definition) is 2. The Morgan fingerprint density at radius 1 is 0.704 bits per heavy atom. The zero-order chi connectivity index (χ0) is 19.0. The number of rotatable bonds is 3. The number of hydrogen-bond donors (Lipinski definition) is 1. The van der Waals surface area contributed by atoms with E-state index in [2.05, 4.69) is 81.4 Å². The average molecular weight is 373 g/mol. The van der Waals surface area contributed by atoms with E-state index in [9.17, 15) is 5.11 Å². The zero-order valence-corrected chi connectivity index (χ0v) is 16.8. The van der Waals surface area contributed by atoms with Crippen molar-refractivity contribution in [3.8, 4) is 0 Å². The highest BCUT2D eigenvalue weighted by molar-refractivity contribution is 7.99. The molecular formula is C25H24OS. The SMILES string of the molecule is CC(C)(C)c1ccc(Sc2c3ccccc3c(CO)c3ccccc23)cc1. The lowest BCUT2D eigenvalue weighted by atomic mass is 9.87. The van der Waals surface area contributed by atoms with Crippen molar-refractivity contribution in [1.82, 2.24) is 0 Å². The molecule has 0 aromatic heterocycles. The molecule has 4 aromatic rings. The molecule has 0 fully saturated rings. The van der Waals surface area contributed by atoms with Gasteiger partial charge in [0.25, 0.3) is 0 Å². The lowest BCUT2D eigenvalue weighted by Gasteiger charge is -2.19. The van der Waals surface area contributed by atoms with E-state index >= 15 is 0 Å². The van der Waals surface area contributed by atoms with Gasteiger partial charge in [0.15, 0.2) is 0 Å². The van der Waals surface area contributed by atoms with Gasteiger partial charge in [-0.15, -0.1) is 0 Å². The Labute approximate surface area is 165 Å². The first-order chi connectivity index (χ1) is 13.0. The minimum atomic E-state index is 0.0479. The fourth-order valence-corrected chi connectivity index (χ4v) is 4.68. The Morgan fingerprint density at radius 3 is 1.63 bits per heavy atom. The first-order valence-electron chi connectivity index (χ1n) is 9.30. The Kier molecular flexibility index (Phi) is 4.71. The van der Waals surface area contributed by atoms with Crippen LogP contribution >= 0.6 is 11.8 Å². The van der Waals surface area contributed by atoms with Crippen molar-refractivity contribution in [2.24, 2.45) is 0 Å². The molecule has 0 heterocycles. The molecule has 0 saturated heterocycles. The van der Waals surface area contributed by atoms with Crippen LogP contribution < -0.4 is 0 Å². The largest absolute Gasteiger partial charge is 0.392 e. The molecule has 1 nitrogen and oxygen atoms in total. The number of benzene rings is 4. The van der Waals surface area contributed by atoms with E-state index in [1.54, 1.807) is 11.8 Å². The van der Waals surface area contributed by atoms with Gasteiger partial charge in [-0.3, -0.25) is 0 Å². The molecule has 4 aromatic carbocycles. The molecule has 0 amide bonds. The van der Waals surface area contributed by atoms with Gasteiger partial charge >= 0.3 is 0 Å². The molecule has 136 valence electrons. The van der Waals surface area contributed by atoms with E-state index in [0.29, 0.717) is 0 Å². The second kappa shape index (κ2) is 7.03. The molecule has 0 aliphatic carbocycles. The van der Waals surface area contributed by atoms with Crippen molar-refractivity contribution < 1.29 is 5.11 Å². The molecule has 0 bridgehead atoms. The van der Waals surface area contributed by atoms with Crippen LogP contribution in [0.3, 0.4) is 0 Å². The smallest absolute Gasteiger partial charge is 0.0693 e. The van der Waals surface area contributed by atoms with Crippen LogP contribution in [0.2, 0.25) is 0 Å². The summed E-state index contributed by atoms with van der Waals surface area (Å²) in [5.74, 6) is 0. The predicted molar refractivity (Wildman–Crippen MR) is 117 cm³/mol. The molecule has 0 spiro atoms. The normalized spacial score (nSPS) is 12.0. The highest BCUT2D eigenvalue weighted by Crippen LogP contribution is 2.42. The Morgan fingerprint density at radius 2 is 1.19 bits per heavy atom. The Bertz CT molecular complexity index is 1050. The lowest BCUT2D eigenvalue weighted by Crippen LogP contribution is -2.10. The van der Waals surface area contributed by atoms with Crippen LogP contribution in [-0.2, 0) is 12.0 Å². The average Bonchev–Trinajstić information content (AvgIpc) is 2.68. The summed E-state index contributed by atoms with van der Waals surface area (Å²) in [5.41, 5.74) is 2.51.